The van der Waals surface area contributed by atoms with E-state index in [0.29, 0.717) is 6.61 Å². The minimum atomic E-state index is -0.0834. The number of benzene rings is 4. The normalized spacial score (nSPS) is 12.9. The highest BCUT2D eigenvalue weighted by molar-refractivity contribution is 7.16. The molecule has 1 aliphatic carbocycles. The topological polar surface area (TPSA) is 50.7 Å². The lowest BCUT2D eigenvalue weighted by Crippen LogP contribution is -2.14. The van der Waals surface area contributed by atoms with E-state index in [0.717, 1.165) is 58.8 Å². The molecule has 0 saturated heterocycles. The number of amides is 1. The highest BCUT2D eigenvalue weighted by Crippen LogP contribution is 2.40. The maximum absolute atomic E-state index is 13.3. The molecule has 5 heteroatoms. The van der Waals surface area contributed by atoms with Gasteiger partial charge in [0.25, 0.3) is 5.91 Å². The lowest BCUT2D eigenvalue weighted by atomic mass is 9.95. The van der Waals surface area contributed by atoms with Crippen LogP contribution in [0.2, 0.25) is 0 Å². The standard InChI is InChI=1S/C33H28N2O2S/c36-32(35-26-12-2-1-3-13-26)31-29-15-6-7-16-30(29)38-33(31)34-21-23-17-19-27(20-18-23)37-22-25-11-8-10-24-9-4-5-14-28(24)25/h1-5,8-14,17-21H,6-7,15-16,22H2,(H,35,36). The Hall–Kier alpha value is -4.22. The molecule has 188 valence electrons. The molecule has 0 atom stereocenters. The van der Waals surface area contributed by atoms with E-state index >= 15 is 0 Å². The van der Waals surface area contributed by atoms with Crippen molar-refractivity contribution < 1.29 is 9.53 Å². The zero-order chi connectivity index (χ0) is 25.7. The quantitative estimate of drug-likeness (QED) is 0.221. The van der Waals surface area contributed by atoms with Gasteiger partial charge in [-0.15, -0.1) is 11.3 Å². The van der Waals surface area contributed by atoms with Crippen LogP contribution in [0.1, 0.15) is 44.8 Å². The smallest absolute Gasteiger partial charge is 0.259 e. The molecule has 0 saturated carbocycles. The summed E-state index contributed by atoms with van der Waals surface area (Å²) in [4.78, 5) is 19.4. The Balaban J connectivity index is 1.18. The van der Waals surface area contributed by atoms with Crippen molar-refractivity contribution in [2.75, 3.05) is 5.32 Å². The van der Waals surface area contributed by atoms with E-state index in [9.17, 15) is 4.79 Å². The van der Waals surface area contributed by atoms with Crippen LogP contribution in [0.5, 0.6) is 5.75 Å². The summed E-state index contributed by atoms with van der Waals surface area (Å²) in [6.07, 6.45) is 6.06. The van der Waals surface area contributed by atoms with Crippen molar-refractivity contribution in [3.63, 3.8) is 0 Å². The average Bonchev–Trinajstić information content (AvgIpc) is 3.34. The van der Waals surface area contributed by atoms with Gasteiger partial charge in [0, 0.05) is 16.8 Å². The number of aliphatic imine (C=N–C) groups is 1. The van der Waals surface area contributed by atoms with Crippen LogP contribution in [0.15, 0.2) is 102 Å². The second-order valence-electron chi connectivity index (χ2n) is 9.47. The summed E-state index contributed by atoms with van der Waals surface area (Å²) in [6.45, 7) is 0.509. The molecule has 1 aliphatic rings. The molecular weight excluding hydrogens is 488 g/mol. The van der Waals surface area contributed by atoms with E-state index in [1.54, 1.807) is 11.3 Å². The monoisotopic (exact) mass is 516 g/mol. The maximum atomic E-state index is 13.3. The number of thiophene rings is 1. The van der Waals surface area contributed by atoms with E-state index in [2.05, 4.69) is 47.8 Å². The molecule has 0 radical (unpaired) electrons. The first kappa shape index (κ1) is 24.1. The molecule has 1 aromatic heterocycles. The van der Waals surface area contributed by atoms with Crippen LogP contribution in [0.4, 0.5) is 10.7 Å². The van der Waals surface area contributed by atoms with Crippen LogP contribution in [0, 0.1) is 0 Å². The lowest BCUT2D eigenvalue weighted by molar-refractivity contribution is 0.102. The molecular formula is C33H28N2O2S. The van der Waals surface area contributed by atoms with Gasteiger partial charge in [0.05, 0.1) is 5.56 Å². The number of carbonyl (C=O) groups excluding carboxylic acids is 1. The van der Waals surface area contributed by atoms with Crippen molar-refractivity contribution in [3.8, 4) is 5.75 Å². The Kier molecular flexibility index (Phi) is 7.01. The van der Waals surface area contributed by atoms with Gasteiger partial charge < -0.3 is 10.1 Å². The van der Waals surface area contributed by atoms with Crippen molar-refractivity contribution >= 4 is 44.9 Å². The summed E-state index contributed by atoms with van der Waals surface area (Å²) in [7, 11) is 0. The van der Waals surface area contributed by atoms with Crippen LogP contribution in [-0.4, -0.2) is 12.1 Å². The summed E-state index contributed by atoms with van der Waals surface area (Å²) in [5.74, 6) is 0.726. The number of fused-ring (bicyclic) bond motifs is 2. The number of para-hydroxylation sites is 1. The number of carbonyl (C=O) groups is 1. The number of ether oxygens (including phenoxy) is 1. The minimum absolute atomic E-state index is 0.0834. The van der Waals surface area contributed by atoms with Gasteiger partial charge in [-0.2, -0.15) is 0 Å². The van der Waals surface area contributed by atoms with Gasteiger partial charge in [-0.05, 0) is 89.5 Å². The highest BCUT2D eigenvalue weighted by Gasteiger charge is 2.25. The molecule has 1 amide bonds. The zero-order valence-corrected chi connectivity index (χ0v) is 21.8. The van der Waals surface area contributed by atoms with Gasteiger partial charge in [-0.1, -0.05) is 60.7 Å². The van der Waals surface area contributed by atoms with Crippen LogP contribution in [0.25, 0.3) is 10.8 Å². The van der Waals surface area contributed by atoms with Crippen LogP contribution >= 0.6 is 11.3 Å². The Bertz CT molecular complexity index is 1600. The van der Waals surface area contributed by atoms with E-state index < -0.39 is 0 Å². The molecule has 0 bridgehead atoms. The average molecular weight is 517 g/mol. The fraction of sp³-hybridized carbons (Fsp3) is 0.152. The van der Waals surface area contributed by atoms with E-state index in [1.165, 1.54) is 21.2 Å². The Labute approximate surface area is 226 Å². The molecule has 5 aromatic rings. The first-order valence-corrected chi connectivity index (χ1v) is 13.8. The van der Waals surface area contributed by atoms with Crippen molar-refractivity contribution in [3.05, 3.63) is 124 Å². The van der Waals surface area contributed by atoms with Gasteiger partial charge in [-0.25, -0.2) is 4.99 Å². The van der Waals surface area contributed by atoms with E-state index in [-0.39, 0.29) is 5.91 Å². The molecule has 0 aliphatic heterocycles. The fourth-order valence-corrected chi connectivity index (χ4v) is 6.18. The number of nitrogens with zero attached hydrogens (tertiary/aromatic N) is 1. The number of hydrogen-bond donors (Lipinski definition) is 1. The number of hydrogen-bond acceptors (Lipinski definition) is 4. The molecule has 0 spiro atoms. The van der Waals surface area contributed by atoms with Crippen molar-refractivity contribution in [2.24, 2.45) is 4.99 Å². The number of nitrogens with one attached hydrogen (secondary N) is 1. The summed E-state index contributed by atoms with van der Waals surface area (Å²) < 4.78 is 6.08. The van der Waals surface area contributed by atoms with Gasteiger partial charge in [0.1, 0.15) is 17.4 Å². The molecule has 4 nitrogen and oxygen atoms in total. The third kappa shape index (κ3) is 5.24. The Morgan fingerprint density at radius 3 is 2.50 bits per heavy atom. The number of rotatable bonds is 7. The molecule has 1 heterocycles. The fourth-order valence-electron chi connectivity index (χ4n) is 4.95. The van der Waals surface area contributed by atoms with Crippen molar-refractivity contribution in [1.82, 2.24) is 0 Å². The third-order valence-electron chi connectivity index (χ3n) is 6.90. The molecule has 0 fully saturated rings. The van der Waals surface area contributed by atoms with Gasteiger partial charge in [0.2, 0.25) is 0 Å². The molecule has 4 aromatic carbocycles. The molecule has 38 heavy (non-hydrogen) atoms. The summed E-state index contributed by atoms with van der Waals surface area (Å²) in [5, 5.41) is 6.26. The summed E-state index contributed by atoms with van der Waals surface area (Å²) >= 11 is 1.65. The van der Waals surface area contributed by atoms with Gasteiger partial charge >= 0.3 is 0 Å². The predicted molar refractivity (Wildman–Crippen MR) is 157 cm³/mol. The third-order valence-corrected chi connectivity index (χ3v) is 8.10. The van der Waals surface area contributed by atoms with Crippen molar-refractivity contribution in [2.45, 2.75) is 32.3 Å². The Morgan fingerprint density at radius 1 is 0.868 bits per heavy atom. The first-order chi connectivity index (χ1) is 18.7. The lowest BCUT2D eigenvalue weighted by Gasteiger charge is -2.12. The largest absolute Gasteiger partial charge is 0.489 e. The van der Waals surface area contributed by atoms with Crippen LogP contribution in [-0.2, 0) is 19.4 Å². The molecule has 0 unspecified atom stereocenters. The highest BCUT2D eigenvalue weighted by atomic mass is 32.1. The van der Waals surface area contributed by atoms with Crippen molar-refractivity contribution in [1.29, 1.82) is 0 Å². The first-order valence-electron chi connectivity index (χ1n) is 13.0. The number of anilines is 1. The second-order valence-corrected chi connectivity index (χ2v) is 10.5. The Morgan fingerprint density at radius 2 is 1.63 bits per heavy atom. The maximum Gasteiger partial charge on any atom is 0.259 e. The summed E-state index contributed by atoms with van der Waals surface area (Å²) in [6, 6.07) is 32.2. The van der Waals surface area contributed by atoms with Gasteiger partial charge in [0.15, 0.2) is 0 Å². The van der Waals surface area contributed by atoms with Crippen LogP contribution < -0.4 is 10.1 Å². The molecule has 1 N–H and O–H groups in total. The predicted octanol–water partition coefficient (Wildman–Crippen LogP) is 8.36. The minimum Gasteiger partial charge on any atom is -0.489 e. The SMILES string of the molecule is O=C(Nc1ccccc1)c1c(N=Cc2ccc(OCc3cccc4ccccc34)cc2)sc2c1CCCC2. The molecule has 6 rings (SSSR count). The zero-order valence-electron chi connectivity index (χ0n) is 21.0. The number of aryl methyl sites for hydroxylation is 1. The van der Waals surface area contributed by atoms with Gasteiger partial charge in [-0.3, -0.25) is 4.79 Å². The summed E-state index contributed by atoms with van der Waals surface area (Å²) in [5.41, 5.74) is 4.81. The van der Waals surface area contributed by atoms with Crippen LogP contribution in [0.3, 0.4) is 0 Å². The van der Waals surface area contributed by atoms with E-state index in [4.69, 9.17) is 9.73 Å². The van der Waals surface area contributed by atoms with E-state index in [1.807, 2.05) is 60.8 Å². The second kappa shape index (κ2) is 11.0.